The molecule has 0 aliphatic carbocycles. The molecule has 0 bridgehead atoms. The quantitative estimate of drug-likeness (QED) is 0.371. The van der Waals surface area contributed by atoms with Gasteiger partial charge in [-0.2, -0.15) is 12.6 Å². The van der Waals surface area contributed by atoms with E-state index in [0.717, 1.165) is 0 Å². The van der Waals surface area contributed by atoms with Gasteiger partial charge in [0.05, 0.1) is 0 Å². The van der Waals surface area contributed by atoms with E-state index < -0.39 is 7.12 Å². The fourth-order valence-corrected chi connectivity index (χ4v) is 0.441. The first kappa shape index (κ1) is 11.8. The maximum Gasteiger partial charge on any atom is 2.00 e. The standard InChI is InChI=1S/C3H7BO2S.Mg/c5-4(6)2-1-3-7;/h7H,1-3H2;/q-2;+2. The van der Waals surface area contributed by atoms with E-state index in [2.05, 4.69) is 12.6 Å². The van der Waals surface area contributed by atoms with Gasteiger partial charge in [0.2, 0.25) is 0 Å². The molecule has 5 heteroatoms. The van der Waals surface area contributed by atoms with Crippen LogP contribution in [0.2, 0.25) is 6.32 Å². The topological polar surface area (TPSA) is 46.1 Å². The van der Waals surface area contributed by atoms with Crippen molar-refractivity contribution in [3.63, 3.8) is 0 Å². The zero-order valence-corrected chi connectivity index (χ0v) is 6.98. The number of hydrogen-bond acceptors (Lipinski definition) is 3. The van der Waals surface area contributed by atoms with Crippen LogP contribution < -0.4 is 10.0 Å². The average molecular weight is 142 g/mol. The summed E-state index contributed by atoms with van der Waals surface area (Å²) in [7, 11) is -1.65. The largest absolute Gasteiger partial charge is 2.00 e. The van der Waals surface area contributed by atoms with Gasteiger partial charge in [-0.05, 0) is 5.75 Å². The Morgan fingerprint density at radius 1 is 1.38 bits per heavy atom. The van der Waals surface area contributed by atoms with Crippen molar-refractivity contribution < 1.29 is 10.0 Å². The average Bonchev–Trinajstić information content (AvgIpc) is 1.61. The maximum absolute atomic E-state index is 9.70. The second kappa shape index (κ2) is 8.10. The van der Waals surface area contributed by atoms with Crippen LogP contribution in [0.4, 0.5) is 0 Å². The van der Waals surface area contributed by atoms with Crippen molar-refractivity contribution in [3.05, 3.63) is 0 Å². The minimum atomic E-state index is -1.65. The molecule has 0 heterocycles. The summed E-state index contributed by atoms with van der Waals surface area (Å²) in [6.45, 7) is 0. The first-order valence-corrected chi connectivity index (χ1v) is 2.83. The van der Waals surface area contributed by atoms with Crippen molar-refractivity contribution in [3.8, 4) is 0 Å². The van der Waals surface area contributed by atoms with E-state index in [-0.39, 0.29) is 29.4 Å². The molecule has 0 rings (SSSR count). The van der Waals surface area contributed by atoms with Gasteiger partial charge in [0, 0.05) is 0 Å². The van der Waals surface area contributed by atoms with Gasteiger partial charge in [0.25, 0.3) is 0 Å². The minimum Gasteiger partial charge on any atom is -0.893 e. The van der Waals surface area contributed by atoms with Crippen molar-refractivity contribution >= 4 is 42.8 Å². The molecular weight excluding hydrogens is 135 g/mol. The second-order valence-corrected chi connectivity index (χ2v) is 1.74. The minimum absolute atomic E-state index is 0. The Morgan fingerprint density at radius 2 is 1.88 bits per heavy atom. The van der Waals surface area contributed by atoms with Crippen molar-refractivity contribution in [1.29, 1.82) is 0 Å². The third kappa shape index (κ3) is 10.2. The fourth-order valence-electron chi connectivity index (χ4n) is 0.258. The van der Waals surface area contributed by atoms with Crippen LogP contribution in [-0.2, 0) is 0 Å². The molecule has 0 aromatic heterocycles. The summed E-state index contributed by atoms with van der Waals surface area (Å²) in [6.07, 6.45) is 0.851. The van der Waals surface area contributed by atoms with Gasteiger partial charge < -0.3 is 10.0 Å². The van der Waals surface area contributed by atoms with Crippen LogP contribution in [0.5, 0.6) is 0 Å². The normalized spacial score (nSPS) is 7.88. The Morgan fingerprint density at radius 3 is 2.00 bits per heavy atom. The summed E-state index contributed by atoms with van der Waals surface area (Å²) < 4.78 is 0. The molecule has 8 heavy (non-hydrogen) atoms. The van der Waals surface area contributed by atoms with E-state index in [4.69, 9.17) is 0 Å². The van der Waals surface area contributed by atoms with Crippen LogP contribution >= 0.6 is 12.6 Å². The first-order chi connectivity index (χ1) is 3.27. The van der Waals surface area contributed by atoms with Gasteiger partial charge in [0.15, 0.2) is 0 Å². The monoisotopic (exact) mass is 142 g/mol. The van der Waals surface area contributed by atoms with Crippen LogP contribution in [-0.4, -0.2) is 35.9 Å². The van der Waals surface area contributed by atoms with Crippen LogP contribution in [0.3, 0.4) is 0 Å². The van der Waals surface area contributed by atoms with Crippen LogP contribution in [0.1, 0.15) is 6.42 Å². The molecule has 2 nitrogen and oxygen atoms in total. The van der Waals surface area contributed by atoms with Gasteiger partial charge in [-0.25, -0.2) is 0 Å². The van der Waals surface area contributed by atoms with E-state index in [1.54, 1.807) is 0 Å². The van der Waals surface area contributed by atoms with Crippen LogP contribution in [0.15, 0.2) is 0 Å². The van der Waals surface area contributed by atoms with E-state index in [0.29, 0.717) is 12.2 Å². The summed E-state index contributed by atoms with van der Waals surface area (Å²) in [4.78, 5) is 0. The molecule has 0 aliphatic rings. The smallest absolute Gasteiger partial charge is 0.893 e. The SMILES string of the molecule is [Mg+2].[O-]B([O-])CCCS. The van der Waals surface area contributed by atoms with Gasteiger partial charge >= 0.3 is 23.1 Å². The van der Waals surface area contributed by atoms with E-state index in [1.807, 2.05) is 0 Å². The summed E-state index contributed by atoms with van der Waals surface area (Å²) in [5, 5.41) is 19.4. The molecule has 0 saturated heterocycles. The zero-order valence-electron chi connectivity index (χ0n) is 4.67. The van der Waals surface area contributed by atoms with E-state index >= 15 is 0 Å². The molecular formula is C3H7BMgO2S. The molecule has 0 atom stereocenters. The number of hydrogen-bond donors (Lipinski definition) is 1. The molecule has 0 spiro atoms. The summed E-state index contributed by atoms with van der Waals surface area (Å²) in [6, 6.07) is 0. The molecule has 0 aliphatic heterocycles. The molecule has 0 saturated carbocycles. The maximum atomic E-state index is 9.70. The van der Waals surface area contributed by atoms with Crippen LogP contribution in [0.25, 0.3) is 0 Å². The van der Waals surface area contributed by atoms with Crippen molar-refractivity contribution in [2.75, 3.05) is 5.75 Å². The molecule has 0 radical (unpaired) electrons. The number of thiol groups is 1. The van der Waals surface area contributed by atoms with Gasteiger partial charge in [-0.15, -0.1) is 13.4 Å². The van der Waals surface area contributed by atoms with Gasteiger partial charge in [-0.3, -0.25) is 0 Å². The van der Waals surface area contributed by atoms with E-state index in [1.165, 1.54) is 0 Å². The third-order valence-electron chi connectivity index (χ3n) is 0.598. The Hall–Kier alpha value is 1.10. The Bertz CT molecular complexity index is 46.3. The van der Waals surface area contributed by atoms with Crippen molar-refractivity contribution in [2.45, 2.75) is 12.7 Å². The molecule has 0 fully saturated rings. The number of rotatable bonds is 3. The van der Waals surface area contributed by atoms with E-state index in [9.17, 15) is 10.0 Å². The van der Waals surface area contributed by atoms with Gasteiger partial charge in [-0.1, -0.05) is 6.42 Å². The molecule has 0 unspecified atom stereocenters. The Labute approximate surface area is 71.4 Å². The molecule has 0 amide bonds. The second-order valence-electron chi connectivity index (χ2n) is 1.30. The first-order valence-electron chi connectivity index (χ1n) is 2.20. The van der Waals surface area contributed by atoms with Crippen molar-refractivity contribution in [2.24, 2.45) is 0 Å². The molecule has 42 valence electrons. The fraction of sp³-hybridized carbons (Fsp3) is 1.00. The molecule has 0 aromatic carbocycles. The zero-order chi connectivity index (χ0) is 5.70. The predicted molar refractivity (Wildman–Crippen MR) is 34.8 cm³/mol. The Kier molecular flexibility index (Phi) is 12.0. The summed E-state index contributed by atoms with van der Waals surface area (Å²) >= 11 is 3.82. The Balaban J connectivity index is 0. The molecule has 0 aromatic rings. The predicted octanol–water partition coefficient (Wildman–Crippen LogP) is -1.87. The molecule has 0 N–H and O–H groups in total. The van der Waals surface area contributed by atoms with Crippen molar-refractivity contribution in [1.82, 2.24) is 0 Å². The van der Waals surface area contributed by atoms with Crippen LogP contribution in [0, 0.1) is 0 Å². The third-order valence-corrected chi connectivity index (χ3v) is 0.914. The summed E-state index contributed by atoms with van der Waals surface area (Å²) in [5.41, 5.74) is 0. The summed E-state index contributed by atoms with van der Waals surface area (Å²) in [5.74, 6) is 0.640. The van der Waals surface area contributed by atoms with Gasteiger partial charge in [0.1, 0.15) is 0 Å².